The van der Waals surface area contributed by atoms with Crippen LogP contribution in [0.3, 0.4) is 0 Å². The van der Waals surface area contributed by atoms with Gasteiger partial charge in [-0.25, -0.2) is 4.98 Å². The molecule has 0 radical (unpaired) electrons. The first-order chi connectivity index (χ1) is 9.81. The number of aromatic nitrogens is 1. The summed E-state index contributed by atoms with van der Waals surface area (Å²) in [4.78, 5) is 16.2. The predicted octanol–water partition coefficient (Wildman–Crippen LogP) is 2.75. The fraction of sp³-hybridized carbons (Fsp3) is 0.333. The normalized spacial score (nSPS) is 14.2. The lowest BCUT2D eigenvalue weighted by atomic mass is 10.2. The van der Waals surface area contributed by atoms with Crippen molar-refractivity contribution in [2.24, 2.45) is 5.92 Å². The van der Waals surface area contributed by atoms with Gasteiger partial charge in [0.1, 0.15) is 0 Å². The third-order valence-corrected chi connectivity index (χ3v) is 3.99. The Morgan fingerprint density at radius 1 is 1.30 bits per heavy atom. The molecule has 0 atom stereocenters. The molecule has 1 heterocycles. The Balaban J connectivity index is 1.52. The monoisotopic (exact) mass is 287 g/mol. The van der Waals surface area contributed by atoms with E-state index in [0.717, 1.165) is 23.7 Å². The molecule has 0 unspecified atom stereocenters. The van der Waals surface area contributed by atoms with Gasteiger partial charge in [0.25, 0.3) is 0 Å². The molecule has 20 heavy (non-hydrogen) atoms. The minimum absolute atomic E-state index is 0.0281. The molecule has 1 aromatic carbocycles. The molecule has 1 aromatic heterocycles. The minimum atomic E-state index is -0.0281. The van der Waals surface area contributed by atoms with E-state index in [1.807, 2.05) is 35.7 Å². The average molecular weight is 287 g/mol. The summed E-state index contributed by atoms with van der Waals surface area (Å²) < 4.78 is 0. The Morgan fingerprint density at radius 3 is 2.85 bits per heavy atom. The number of carbonyl (C=O) groups is 1. The number of amides is 1. The van der Waals surface area contributed by atoms with Crippen molar-refractivity contribution in [2.75, 3.05) is 18.4 Å². The van der Waals surface area contributed by atoms with E-state index >= 15 is 0 Å². The Hall–Kier alpha value is -1.72. The van der Waals surface area contributed by atoms with Crippen LogP contribution in [0.15, 0.2) is 35.7 Å². The summed E-state index contributed by atoms with van der Waals surface area (Å²) in [5.41, 5.74) is 1.97. The summed E-state index contributed by atoms with van der Waals surface area (Å²) in [6.07, 6.45) is 2.59. The average Bonchev–Trinajstić information content (AvgIpc) is 3.17. The molecule has 5 heteroatoms. The van der Waals surface area contributed by atoms with Crippen LogP contribution in [0, 0.1) is 5.92 Å². The zero-order valence-electron chi connectivity index (χ0n) is 11.1. The summed E-state index contributed by atoms with van der Waals surface area (Å²) in [5, 5.41) is 8.62. The number of hydrogen-bond donors (Lipinski definition) is 2. The van der Waals surface area contributed by atoms with Gasteiger partial charge in [0.2, 0.25) is 5.91 Å². The maximum absolute atomic E-state index is 11.8. The molecule has 4 nitrogen and oxygen atoms in total. The number of hydrogen-bond acceptors (Lipinski definition) is 4. The molecule has 0 bridgehead atoms. The molecule has 1 aliphatic rings. The largest absolute Gasteiger partial charge is 0.308 e. The van der Waals surface area contributed by atoms with Gasteiger partial charge in [-0.15, -0.1) is 11.3 Å². The van der Waals surface area contributed by atoms with E-state index in [9.17, 15) is 4.79 Å². The van der Waals surface area contributed by atoms with Crippen molar-refractivity contribution in [3.05, 3.63) is 35.7 Å². The topological polar surface area (TPSA) is 54.0 Å². The van der Waals surface area contributed by atoms with Crippen LogP contribution >= 0.6 is 11.3 Å². The Morgan fingerprint density at radius 2 is 2.10 bits per heavy atom. The molecule has 2 aromatic rings. The van der Waals surface area contributed by atoms with E-state index in [0.29, 0.717) is 11.7 Å². The van der Waals surface area contributed by atoms with Gasteiger partial charge >= 0.3 is 0 Å². The summed E-state index contributed by atoms with van der Waals surface area (Å²) >= 11 is 1.45. The summed E-state index contributed by atoms with van der Waals surface area (Å²) in [6.45, 7) is 1.30. The number of rotatable bonds is 6. The van der Waals surface area contributed by atoms with Gasteiger partial charge in [0.15, 0.2) is 5.13 Å². The second-order valence-corrected chi connectivity index (χ2v) is 5.88. The van der Waals surface area contributed by atoms with Crippen molar-refractivity contribution in [3.8, 4) is 11.3 Å². The fourth-order valence-electron chi connectivity index (χ4n) is 1.95. The highest BCUT2D eigenvalue weighted by Crippen LogP contribution is 2.27. The first kappa shape index (κ1) is 13.3. The van der Waals surface area contributed by atoms with Gasteiger partial charge < -0.3 is 10.6 Å². The van der Waals surface area contributed by atoms with Crippen LogP contribution in [-0.2, 0) is 4.79 Å². The molecule has 1 aliphatic carbocycles. The van der Waals surface area contributed by atoms with Crippen LogP contribution in [0.5, 0.6) is 0 Å². The van der Waals surface area contributed by atoms with Crippen LogP contribution in [-0.4, -0.2) is 24.0 Å². The van der Waals surface area contributed by atoms with Crippen molar-refractivity contribution in [1.82, 2.24) is 10.3 Å². The summed E-state index contributed by atoms with van der Waals surface area (Å²) in [5.74, 6) is 0.756. The Labute approximate surface area is 122 Å². The summed E-state index contributed by atoms with van der Waals surface area (Å²) in [6, 6.07) is 9.96. The second kappa shape index (κ2) is 6.15. The lowest BCUT2D eigenvalue weighted by Gasteiger charge is -2.03. The van der Waals surface area contributed by atoms with Gasteiger partial charge in [-0.1, -0.05) is 30.3 Å². The third kappa shape index (κ3) is 3.65. The molecule has 104 valence electrons. The van der Waals surface area contributed by atoms with Crippen molar-refractivity contribution in [2.45, 2.75) is 12.8 Å². The Bertz CT molecular complexity index is 578. The van der Waals surface area contributed by atoms with E-state index in [2.05, 4.69) is 15.6 Å². The van der Waals surface area contributed by atoms with E-state index in [4.69, 9.17) is 0 Å². The molecular formula is C15H17N3OS. The van der Waals surface area contributed by atoms with Gasteiger partial charge in [-0.05, 0) is 25.3 Å². The van der Waals surface area contributed by atoms with Crippen LogP contribution < -0.4 is 10.6 Å². The molecule has 1 saturated carbocycles. The Kier molecular flexibility index (Phi) is 4.08. The maximum Gasteiger partial charge on any atom is 0.240 e. The molecule has 2 N–H and O–H groups in total. The first-order valence-corrected chi connectivity index (χ1v) is 7.71. The SMILES string of the molecule is O=C(CNCC1CC1)Nc1nc(-c2ccccc2)cs1. The molecule has 1 fully saturated rings. The molecule has 0 aliphatic heterocycles. The predicted molar refractivity (Wildman–Crippen MR) is 81.8 cm³/mol. The first-order valence-electron chi connectivity index (χ1n) is 6.83. The summed E-state index contributed by atoms with van der Waals surface area (Å²) in [7, 11) is 0. The van der Waals surface area contributed by atoms with Crippen LogP contribution in [0.25, 0.3) is 11.3 Å². The standard InChI is InChI=1S/C15H17N3OS/c19-14(9-16-8-11-6-7-11)18-15-17-13(10-20-15)12-4-2-1-3-5-12/h1-5,10-11,16H,6-9H2,(H,17,18,19). The maximum atomic E-state index is 11.8. The van der Waals surface area contributed by atoms with E-state index in [-0.39, 0.29) is 5.91 Å². The number of carbonyl (C=O) groups excluding carboxylic acids is 1. The highest BCUT2D eigenvalue weighted by atomic mass is 32.1. The molecule has 3 rings (SSSR count). The van der Waals surface area contributed by atoms with Gasteiger partial charge in [-0.3, -0.25) is 4.79 Å². The van der Waals surface area contributed by atoms with E-state index in [1.165, 1.54) is 24.2 Å². The zero-order chi connectivity index (χ0) is 13.8. The number of nitrogens with zero attached hydrogens (tertiary/aromatic N) is 1. The molecule has 1 amide bonds. The van der Waals surface area contributed by atoms with Crippen molar-refractivity contribution in [3.63, 3.8) is 0 Å². The number of anilines is 1. The highest BCUT2D eigenvalue weighted by Gasteiger charge is 2.20. The fourth-order valence-corrected chi connectivity index (χ4v) is 2.68. The number of nitrogens with one attached hydrogen (secondary N) is 2. The minimum Gasteiger partial charge on any atom is -0.308 e. The number of benzene rings is 1. The van der Waals surface area contributed by atoms with E-state index < -0.39 is 0 Å². The van der Waals surface area contributed by atoms with Crippen LogP contribution in [0.1, 0.15) is 12.8 Å². The number of thiazole rings is 1. The second-order valence-electron chi connectivity index (χ2n) is 5.03. The van der Waals surface area contributed by atoms with E-state index in [1.54, 1.807) is 0 Å². The lowest BCUT2D eigenvalue weighted by molar-refractivity contribution is -0.115. The quantitative estimate of drug-likeness (QED) is 0.859. The third-order valence-electron chi connectivity index (χ3n) is 3.24. The molecular weight excluding hydrogens is 270 g/mol. The lowest BCUT2D eigenvalue weighted by Crippen LogP contribution is -2.29. The van der Waals surface area contributed by atoms with Gasteiger partial charge in [-0.2, -0.15) is 0 Å². The van der Waals surface area contributed by atoms with Crippen LogP contribution in [0.2, 0.25) is 0 Å². The molecule has 0 saturated heterocycles. The smallest absolute Gasteiger partial charge is 0.240 e. The van der Waals surface area contributed by atoms with Crippen LogP contribution in [0.4, 0.5) is 5.13 Å². The van der Waals surface area contributed by atoms with Crippen molar-refractivity contribution >= 4 is 22.4 Å². The van der Waals surface area contributed by atoms with Gasteiger partial charge in [0.05, 0.1) is 12.2 Å². The van der Waals surface area contributed by atoms with Crippen molar-refractivity contribution in [1.29, 1.82) is 0 Å². The highest BCUT2D eigenvalue weighted by molar-refractivity contribution is 7.14. The zero-order valence-corrected chi connectivity index (χ0v) is 12.0. The van der Waals surface area contributed by atoms with Crippen molar-refractivity contribution < 1.29 is 4.79 Å². The van der Waals surface area contributed by atoms with Gasteiger partial charge in [0, 0.05) is 10.9 Å². The molecule has 0 spiro atoms.